The molecule has 0 aromatic heterocycles. The summed E-state index contributed by atoms with van der Waals surface area (Å²) in [5.41, 5.74) is 2.98. The van der Waals surface area contributed by atoms with Gasteiger partial charge in [-0.3, -0.25) is 4.72 Å². The molecule has 0 radical (unpaired) electrons. The van der Waals surface area contributed by atoms with Crippen molar-refractivity contribution in [2.24, 2.45) is 0 Å². The van der Waals surface area contributed by atoms with Gasteiger partial charge in [-0.15, -0.1) is 0 Å². The highest BCUT2D eigenvalue weighted by molar-refractivity contribution is 7.92. The number of hydrogen-bond donors (Lipinski definition) is 2. The molecule has 3 rings (SSSR count). The van der Waals surface area contributed by atoms with E-state index in [2.05, 4.69) is 10.0 Å². The minimum absolute atomic E-state index is 0.208. The Bertz CT molecular complexity index is 1000. The first-order chi connectivity index (χ1) is 12.9. The van der Waals surface area contributed by atoms with Crippen LogP contribution < -0.4 is 10.0 Å². The second kappa shape index (κ2) is 8.22. The third-order valence-electron chi connectivity index (χ3n) is 4.15. The largest absolute Gasteiger partial charge is 0.385 e. The Kier molecular flexibility index (Phi) is 5.76. The van der Waals surface area contributed by atoms with Crippen molar-refractivity contribution in [3.63, 3.8) is 0 Å². The molecule has 0 bridgehead atoms. The molecule has 0 unspecified atom stereocenters. The predicted octanol–water partition coefficient (Wildman–Crippen LogP) is 4.59. The molecule has 0 spiro atoms. The first-order valence-electron chi connectivity index (χ1n) is 8.61. The standard InChI is InChI=1S/C21H21FN2O2S/c1-16-6-12-20(13-7-16)27(25,26)24-19-10-8-18(9-11-19)23-15-14-17-4-2-3-5-21(17)22/h2-13,23-24H,14-15H2,1H3. The van der Waals surface area contributed by atoms with Gasteiger partial charge in [0.05, 0.1) is 4.90 Å². The van der Waals surface area contributed by atoms with E-state index in [1.165, 1.54) is 6.07 Å². The van der Waals surface area contributed by atoms with Crippen LogP contribution in [0.4, 0.5) is 15.8 Å². The third kappa shape index (κ3) is 5.08. The van der Waals surface area contributed by atoms with E-state index in [0.29, 0.717) is 24.2 Å². The van der Waals surface area contributed by atoms with Crippen LogP contribution in [0.1, 0.15) is 11.1 Å². The van der Waals surface area contributed by atoms with Crippen LogP contribution in [0.5, 0.6) is 0 Å². The van der Waals surface area contributed by atoms with Crippen LogP contribution in [0.2, 0.25) is 0 Å². The molecule has 0 atom stereocenters. The summed E-state index contributed by atoms with van der Waals surface area (Å²) in [6.07, 6.45) is 0.564. The van der Waals surface area contributed by atoms with Crippen molar-refractivity contribution >= 4 is 21.4 Å². The second-order valence-electron chi connectivity index (χ2n) is 6.26. The number of aryl methyl sites for hydroxylation is 1. The molecule has 0 saturated carbocycles. The Morgan fingerprint density at radius 2 is 1.48 bits per heavy atom. The zero-order chi connectivity index (χ0) is 19.3. The van der Waals surface area contributed by atoms with Crippen LogP contribution in [0, 0.1) is 12.7 Å². The first-order valence-corrected chi connectivity index (χ1v) is 10.1. The van der Waals surface area contributed by atoms with Crippen molar-refractivity contribution < 1.29 is 12.8 Å². The highest BCUT2D eigenvalue weighted by Gasteiger charge is 2.13. The van der Waals surface area contributed by atoms with Gasteiger partial charge in [0.2, 0.25) is 0 Å². The van der Waals surface area contributed by atoms with Crippen molar-refractivity contribution in [1.29, 1.82) is 0 Å². The predicted molar refractivity (Wildman–Crippen MR) is 107 cm³/mol. The van der Waals surface area contributed by atoms with Gasteiger partial charge in [0.15, 0.2) is 0 Å². The summed E-state index contributed by atoms with van der Waals surface area (Å²) in [6, 6.07) is 20.3. The zero-order valence-electron chi connectivity index (χ0n) is 14.9. The van der Waals surface area contributed by atoms with E-state index < -0.39 is 10.0 Å². The maximum atomic E-state index is 13.6. The Morgan fingerprint density at radius 3 is 2.15 bits per heavy atom. The molecule has 0 saturated heterocycles. The molecule has 3 aromatic rings. The van der Waals surface area contributed by atoms with Crippen LogP contribution in [-0.4, -0.2) is 15.0 Å². The lowest BCUT2D eigenvalue weighted by Crippen LogP contribution is -2.13. The van der Waals surface area contributed by atoms with Crippen molar-refractivity contribution in [2.75, 3.05) is 16.6 Å². The number of rotatable bonds is 7. The minimum Gasteiger partial charge on any atom is -0.385 e. The fourth-order valence-corrected chi connectivity index (χ4v) is 3.69. The molecule has 4 nitrogen and oxygen atoms in total. The average molecular weight is 384 g/mol. The van der Waals surface area contributed by atoms with E-state index in [9.17, 15) is 12.8 Å². The maximum Gasteiger partial charge on any atom is 0.261 e. The Morgan fingerprint density at radius 1 is 0.852 bits per heavy atom. The number of sulfonamides is 1. The van der Waals surface area contributed by atoms with Gasteiger partial charge in [-0.2, -0.15) is 0 Å². The summed E-state index contributed by atoms with van der Waals surface area (Å²) in [6.45, 7) is 2.48. The van der Waals surface area contributed by atoms with E-state index in [-0.39, 0.29) is 10.7 Å². The topological polar surface area (TPSA) is 58.2 Å². The number of benzene rings is 3. The van der Waals surface area contributed by atoms with Crippen LogP contribution in [0.25, 0.3) is 0 Å². The summed E-state index contributed by atoms with van der Waals surface area (Å²) in [5.74, 6) is -0.208. The molecule has 6 heteroatoms. The van der Waals surface area contributed by atoms with Gasteiger partial charge in [0, 0.05) is 17.9 Å². The van der Waals surface area contributed by atoms with Crippen LogP contribution in [0.3, 0.4) is 0 Å². The molecule has 0 aliphatic carbocycles. The molecule has 140 valence electrons. The summed E-state index contributed by atoms with van der Waals surface area (Å²) in [4.78, 5) is 0.222. The Balaban J connectivity index is 1.58. The Labute approximate surface area is 159 Å². The number of nitrogens with one attached hydrogen (secondary N) is 2. The summed E-state index contributed by atoms with van der Waals surface area (Å²) in [7, 11) is -3.61. The molecular formula is C21H21FN2O2S. The van der Waals surface area contributed by atoms with Gasteiger partial charge >= 0.3 is 0 Å². The molecule has 2 N–H and O–H groups in total. The normalized spacial score (nSPS) is 11.2. The van der Waals surface area contributed by atoms with Crippen molar-refractivity contribution in [3.05, 3.63) is 89.7 Å². The quantitative estimate of drug-likeness (QED) is 0.626. The average Bonchev–Trinajstić information content (AvgIpc) is 2.65. The SMILES string of the molecule is Cc1ccc(S(=O)(=O)Nc2ccc(NCCc3ccccc3F)cc2)cc1. The van der Waals surface area contributed by atoms with E-state index in [1.807, 2.05) is 13.0 Å². The molecule has 0 fully saturated rings. The van der Waals surface area contributed by atoms with E-state index in [0.717, 1.165) is 11.3 Å². The molecule has 3 aromatic carbocycles. The zero-order valence-corrected chi connectivity index (χ0v) is 15.8. The van der Waals surface area contributed by atoms with Gasteiger partial charge in [-0.05, 0) is 61.4 Å². The monoisotopic (exact) mass is 384 g/mol. The van der Waals surface area contributed by atoms with Gasteiger partial charge in [-0.25, -0.2) is 12.8 Å². The van der Waals surface area contributed by atoms with Crippen molar-refractivity contribution in [2.45, 2.75) is 18.2 Å². The van der Waals surface area contributed by atoms with Gasteiger partial charge < -0.3 is 5.32 Å². The molecule has 0 aliphatic rings. The smallest absolute Gasteiger partial charge is 0.261 e. The highest BCUT2D eigenvalue weighted by Crippen LogP contribution is 2.19. The summed E-state index contributed by atoms with van der Waals surface area (Å²) in [5, 5.41) is 3.20. The lowest BCUT2D eigenvalue weighted by atomic mass is 10.1. The highest BCUT2D eigenvalue weighted by atomic mass is 32.2. The van der Waals surface area contributed by atoms with Gasteiger partial charge in [-0.1, -0.05) is 35.9 Å². The fourth-order valence-electron chi connectivity index (χ4n) is 2.63. The number of hydrogen-bond acceptors (Lipinski definition) is 3. The van der Waals surface area contributed by atoms with Gasteiger partial charge in [0.25, 0.3) is 10.0 Å². The van der Waals surface area contributed by atoms with Crippen LogP contribution >= 0.6 is 0 Å². The van der Waals surface area contributed by atoms with E-state index >= 15 is 0 Å². The lowest BCUT2D eigenvalue weighted by molar-refractivity contribution is 0.601. The molecule has 0 aliphatic heterocycles. The Hall–Kier alpha value is -2.86. The molecule has 0 heterocycles. The minimum atomic E-state index is -3.61. The molecule has 0 amide bonds. The first kappa shape index (κ1) is 18.9. The van der Waals surface area contributed by atoms with Crippen molar-refractivity contribution in [3.8, 4) is 0 Å². The maximum absolute atomic E-state index is 13.6. The summed E-state index contributed by atoms with van der Waals surface area (Å²) >= 11 is 0. The lowest BCUT2D eigenvalue weighted by Gasteiger charge is -2.10. The number of anilines is 2. The van der Waals surface area contributed by atoms with Crippen molar-refractivity contribution in [1.82, 2.24) is 0 Å². The molecule has 27 heavy (non-hydrogen) atoms. The fraction of sp³-hybridized carbons (Fsp3) is 0.143. The van der Waals surface area contributed by atoms with Gasteiger partial charge in [0.1, 0.15) is 5.82 Å². The number of halogens is 1. The van der Waals surface area contributed by atoms with E-state index in [1.54, 1.807) is 60.7 Å². The van der Waals surface area contributed by atoms with Crippen LogP contribution in [0.15, 0.2) is 77.7 Å². The second-order valence-corrected chi connectivity index (χ2v) is 7.95. The van der Waals surface area contributed by atoms with Crippen LogP contribution in [-0.2, 0) is 16.4 Å². The summed E-state index contributed by atoms with van der Waals surface area (Å²) < 4.78 is 41.0. The van der Waals surface area contributed by atoms with E-state index in [4.69, 9.17) is 0 Å². The third-order valence-corrected chi connectivity index (χ3v) is 5.55. The molecular weight excluding hydrogens is 363 g/mol.